The van der Waals surface area contributed by atoms with Crippen LogP contribution in [0.3, 0.4) is 0 Å². The third kappa shape index (κ3) is 2.55. The van der Waals surface area contributed by atoms with Crippen LogP contribution < -0.4 is 5.32 Å². The minimum atomic E-state index is 0.506. The summed E-state index contributed by atoms with van der Waals surface area (Å²) in [6, 6.07) is 8.87. The van der Waals surface area contributed by atoms with Crippen LogP contribution in [0.1, 0.15) is 32.6 Å². The van der Waals surface area contributed by atoms with E-state index in [4.69, 9.17) is 0 Å². The number of anilines is 1. The van der Waals surface area contributed by atoms with E-state index in [0.717, 1.165) is 23.0 Å². The highest BCUT2D eigenvalue weighted by atomic mass is 15.2. The number of nitrogens with one attached hydrogen (secondary N) is 1. The Morgan fingerprint density at radius 3 is 2.70 bits per heavy atom. The zero-order valence-corrected chi connectivity index (χ0v) is 12.2. The summed E-state index contributed by atoms with van der Waals surface area (Å²) in [6.45, 7) is 2.30. The minimum absolute atomic E-state index is 0.506. The highest BCUT2D eigenvalue weighted by Crippen LogP contribution is 2.32. The largest absolute Gasteiger partial charge is 0.382 e. The van der Waals surface area contributed by atoms with Gasteiger partial charge in [0.2, 0.25) is 0 Å². The second-order valence-corrected chi connectivity index (χ2v) is 5.79. The molecule has 1 fully saturated rings. The predicted molar refractivity (Wildman–Crippen MR) is 81.5 cm³/mol. The van der Waals surface area contributed by atoms with E-state index in [1.165, 1.54) is 25.7 Å². The summed E-state index contributed by atoms with van der Waals surface area (Å²) in [7, 11) is 1.98. The van der Waals surface area contributed by atoms with Crippen molar-refractivity contribution in [3.63, 3.8) is 0 Å². The Balaban J connectivity index is 1.84. The Bertz CT molecular complexity index is 569. The van der Waals surface area contributed by atoms with E-state index in [2.05, 4.69) is 46.7 Å². The molecule has 0 amide bonds. The van der Waals surface area contributed by atoms with Gasteiger partial charge >= 0.3 is 0 Å². The fourth-order valence-electron chi connectivity index (χ4n) is 3.15. The lowest BCUT2D eigenvalue weighted by Crippen LogP contribution is -2.24. The van der Waals surface area contributed by atoms with Gasteiger partial charge in [0.05, 0.1) is 0 Å². The average molecular weight is 270 g/mol. The number of para-hydroxylation sites is 1. The van der Waals surface area contributed by atoms with Crippen molar-refractivity contribution >= 4 is 5.69 Å². The Hall–Kier alpha value is -1.84. The van der Waals surface area contributed by atoms with E-state index in [0.29, 0.717) is 6.04 Å². The van der Waals surface area contributed by atoms with Crippen LogP contribution in [0, 0.1) is 5.92 Å². The molecule has 20 heavy (non-hydrogen) atoms. The summed E-state index contributed by atoms with van der Waals surface area (Å²) >= 11 is 0. The van der Waals surface area contributed by atoms with Crippen LogP contribution in [0.15, 0.2) is 30.6 Å². The number of rotatable bonds is 4. The first-order chi connectivity index (χ1) is 9.75. The third-order valence-electron chi connectivity index (χ3n) is 4.37. The standard InChI is InChI=1S/C16H22N4/c1-12(13-7-3-4-8-13)18-15-10-6-5-9-14(15)16-19-17-11-20(16)2/h5-6,9-13,18H,3-4,7-8H2,1-2H3. The first-order valence-electron chi connectivity index (χ1n) is 7.45. The highest BCUT2D eigenvalue weighted by Gasteiger charge is 2.22. The van der Waals surface area contributed by atoms with Crippen molar-refractivity contribution in [3.8, 4) is 11.4 Å². The van der Waals surface area contributed by atoms with Gasteiger partial charge in [-0.3, -0.25) is 0 Å². The molecule has 1 saturated carbocycles. The molecule has 4 nitrogen and oxygen atoms in total. The molecule has 1 aliphatic rings. The van der Waals surface area contributed by atoms with Crippen LogP contribution in [0.2, 0.25) is 0 Å². The Kier molecular flexibility index (Phi) is 3.72. The fraction of sp³-hybridized carbons (Fsp3) is 0.500. The molecule has 0 spiro atoms. The SMILES string of the molecule is CC(Nc1ccccc1-c1nncn1C)C1CCCC1. The zero-order valence-electron chi connectivity index (χ0n) is 12.2. The van der Waals surface area contributed by atoms with Crippen LogP contribution in [0.4, 0.5) is 5.69 Å². The molecule has 1 aromatic carbocycles. The van der Waals surface area contributed by atoms with E-state index >= 15 is 0 Å². The summed E-state index contributed by atoms with van der Waals surface area (Å²) in [4.78, 5) is 0. The number of aromatic nitrogens is 3. The maximum absolute atomic E-state index is 4.22. The molecule has 0 bridgehead atoms. The van der Waals surface area contributed by atoms with Gasteiger partial charge in [-0.1, -0.05) is 25.0 Å². The van der Waals surface area contributed by atoms with Gasteiger partial charge in [0, 0.05) is 24.3 Å². The summed E-state index contributed by atoms with van der Waals surface area (Å²) in [5.74, 6) is 1.70. The van der Waals surface area contributed by atoms with Crippen LogP contribution in [-0.4, -0.2) is 20.8 Å². The molecule has 1 N–H and O–H groups in total. The van der Waals surface area contributed by atoms with Gasteiger partial charge in [0.1, 0.15) is 6.33 Å². The van der Waals surface area contributed by atoms with Crippen LogP contribution >= 0.6 is 0 Å². The maximum Gasteiger partial charge on any atom is 0.165 e. The highest BCUT2D eigenvalue weighted by molar-refractivity contribution is 5.73. The molecule has 0 saturated heterocycles. The van der Waals surface area contributed by atoms with Gasteiger partial charge < -0.3 is 9.88 Å². The smallest absolute Gasteiger partial charge is 0.165 e. The predicted octanol–water partition coefficient (Wildman–Crippen LogP) is 3.47. The molecule has 106 valence electrons. The number of hydrogen-bond acceptors (Lipinski definition) is 3. The van der Waals surface area contributed by atoms with E-state index < -0.39 is 0 Å². The first-order valence-corrected chi connectivity index (χ1v) is 7.45. The monoisotopic (exact) mass is 270 g/mol. The number of hydrogen-bond donors (Lipinski definition) is 1. The van der Waals surface area contributed by atoms with E-state index in [-0.39, 0.29) is 0 Å². The normalized spacial score (nSPS) is 17.3. The molecule has 2 aromatic rings. The summed E-state index contributed by atoms with van der Waals surface area (Å²) in [5, 5.41) is 11.9. The van der Waals surface area contributed by atoms with Crippen LogP contribution in [0.5, 0.6) is 0 Å². The molecule has 0 radical (unpaired) electrons. The Morgan fingerprint density at radius 2 is 2.00 bits per heavy atom. The molecule has 1 heterocycles. The van der Waals surface area contributed by atoms with Crippen molar-refractivity contribution in [1.29, 1.82) is 0 Å². The lowest BCUT2D eigenvalue weighted by molar-refractivity contribution is 0.482. The molecule has 1 aromatic heterocycles. The van der Waals surface area contributed by atoms with Crippen molar-refractivity contribution in [2.24, 2.45) is 13.0 Å². The lowest BCUT2D eigenvalue weighted by Gasteiger charge is -2.23. The average Bonchev–Trinajstić information content (AvgIpc) is 3.10. The molecule has 0 aliphatic heterocycles. The number of nitrogens with zero attached hydrogens (tertiary/aromatic N) is 3. The molecular formula is C16H22N4. The van der Waals surface area contributed by atoms with Gasteiger partial charge in [-0.2, -0.15) is 0 Å². The molecule has 1 unspecified atom stereocenters. The van der Waals surface area contributed by atoms with Crippen LogP contribution in [-0.2, 0) is 7.05 Å². The van der Waals surface area contributed by atoms with Crippen molar-refractivity contribution in [3.05, 3.63) is 30.6 Å². The topological polar surface area (TPSA) is 42.7 Å². The van der Waals surface area contributed by atoms with Crippen molar-refractivity contribution < 1.29 is 0 Å². The summed E-state index contributed by atoms with van der Waals surface area (Å²) in [6.07, 6.45) is 7.19. The summed E-state index contributed by atoms with van der Waals surface area (Å²) < 4.78 is 1.96. The Morgan fingerprint density at radius 1 is 1.25 bits per heavy atom. The molecule has 4 heteroatoms. The van der Waals surface area contributed by atoms with Gasteiger partial charge in [0.15, 0.2) is 5.82 Å². The van der Waals surface area contributed by atoms with Gasteiger partial charge in [-0.15, -0.1) is 10.2 Å². The van der Waals surface area contributed by atoms with Crippen LogP contribution in [0.25, 0.3) is 11.4 Å². The second kappa shape index (κ2) is 5.65. The maximum atomic E-state index is 4.22. The quantitative estimate of drug-likeness (QED) is 0.925. The van der Waals surface area contributed by atoms with Crippen molar-refractivity contribution in [2.45, 2.75) is 38.6 Å². The minimum Gasteiger partial charge on any atom is -0.382 e. The molecule has 3 rings (SSSR count). The molecular weight excluding hydrogens is 248 g/mol. The lowest BCUT2D eigenvalue weighted by atomic mass is 9.99. The van der Waals surface area contributed by atoms with Gasteiger partial charge in [0.25, 0.3) is 0 Å². The van der Waals surface area contributed by atoms with Gasteiger partial charge in [-0.05, 0) is 37.8 Å². The first kappa shape index (κ1) is 13.2. The molecule has 1 aliphatic carbocycles. The Labute approximate surface area is 120 Å². The van der Waals surface area contributed by atoms with Crippen molar-refractivity contribution in [2.75, 3.05) is 5.32 Å². The van der Waals surface area contributed by atoms with E-state index in [9.17, 15) is 0 Å². The summed E-state index contributed by atoms with van der Waals surface area (Å²) in [5.41, 5.74) is 2.28. The number of benzene rings is 1. The number of aryl methyl sites for hydroxylation is 1. The molecule has 1 atom stereocenters. The van der Waals surface area contributed by atoms with E-state index in [1.54, 1.807) is 6.33 Å². The van der Waals surface area contributed by atoms with Crippen molar-refractivity contribution in [1.82, 2.24) is 14.8 Å². The third-order valence-corrected chi connectivity index (χ3v) is 4.37. The van der Waals surface area contributed by atoms with E-state index in [1.807, 2.05) is 11.6 Å². The fourth-order valence-corrected chi connectivity index (χ4v) is 3.15. The second-order valence-electron chi connectivity index (χ2n) is 5.79. The zero-order chi connectivity index (χ0) is 13.9. The van der Waals surface area contributed by atoms with Gasteiger partial charge in [-0.25, -0.2) is 0 Å².